The van der Waals surface area contributed by atoms with E-state index in [1.165, 1.54) is 11.8 Å². The van der Waals surface area contributed by atoms with E-state index in [-0.39, 0.29) is 30.4 Å². The molecule has 0 radical (unpaired) electrons. The van der Waals surface area contributed by atoms with Gasteiger partial charge in [-0.15, -0.1) is 0 Å². The molecule has 3 rings (SSSR count). The third kappa shape index (κ3) is 3.37. The minimum atomic E-state index is -0.754. The number of halogens is 2. The van der Waals surface area contributed by atoms with E-state index in [0.717, 1.165) is 12.1 Å². The maximum Gasteiger partial charge on any atom is 0.414 e. The Hall–Kier alpha value is -2.42. The van der Waals surface area contributed by atoms with Gasteiger partial charge in [-0.3, -0.25) is 9.69 Å². The van der Waals surface area contributed by atoms with Gasteiger partial charge in [-0.2, -0.15) is 0 Å². The van der Waals surface area contributed by atoms with Crippen LogP contribution in [0.2, 0.25) is 0 Å². The summed E-state index contributed by atoms with van der Waals surface area (Å²) >= 11 is 0. The smallest absolute Gasteiger partial charge is 0.414 e. The van der Waals surface area contributed by atoms with Crippen LogP contribution in [-0.2, 0) is 9.53 Å². The zero-order chi connectivity index (χ0) is 18.1. The second-order valence-corrected chi connectivity index (χ2v) is 6.10. The molecule has 2 amide bonds. The van der Waals surface area contributed by atoms with Crippen LogP contribution in [0.5, 0.6) is 0 Å². The molecule has 0 bridgehead atoms. The molecule has 0 aromatic heterocycles. The first-order valence-corrected chi connectivity index (χ1v) is 8.08. The molecular weight excluding hydrogens is 334 g/mol. The number of ether oxygens (including phenoxy) is 1. The molecule has 2 heterocycles. The highest BCUT2D eigenvalue weighted by molar-refractivity contribution is 5.90. The summed E-state index contributed by atoms with van der Waals surface area (Å²) < 4.78 is 34.1. The first kappa shape index (κ1) is 17.4. The van der Waals surface area contributed by atoms with E-state index in [2.05, 4.69) is 0 Å². The quantitative estimate of drug-likeness (QED) is 0.873. The number of nitrogens with zero attached hydrogens (tertiary/aromatic N) is 3. The maximum absolute atomic E-state index is 14.5. The van der Waals surface area contributed by atoms with Crippen molar-refractivity contribution >= 4 is 23.4 Å². The lowest BCUT2D eigenvalue weighted by Crippen LogP contribution is -2.48. The normalized spacial score (nSPS) is 20.9. The number of anilines is 2. The molecule has 0 spiro atoms. The van der Waals surface area contributed by atoms with Crippen molar-refractivity contribution < 1.29 is 23.1 Å². The SMILES string of the molecule is CC(=O)N1CCN(c2c(F)cc(N3CC(CN)OC3=O)cc2F)CC1. The van der Waals surface area contributed by atoms with Crippen molar-refractivity contribution in [1.82, 2.24) is 4.90 Å². The van der Waals surface area contributed by atoms with E-state index in [9.17, 15) is 18.4 Å². The largest absolute Gasteiger partial charge is 0.443 e. The third-order valence-corrected chi connectivity index (χ3v) is 4.49. The molecule has 1 atom stereocenters. The Morgan fingerprint density at radius 1 is 1.24 bits per heavy atom. The van der Waals surface area contributed by atoms with E-state index in [4.69, 9.17) is 10.5 Å². The predicted molar refractivity (Wildman–Crippen MR) is 87.5 cm³/mol. The zero-order valence-corrected chi connectivity index (χ0v) is 13.9. The van der Waals surface area contributed by atoms with E-state index >= 15 is 0 Å². The van der Waals surface area contributed by atoms with Gasteiger partial charge < -0.3 is 20.3 Å². The second kappa shape index (κ2) is 6.83. The number of amides is 2. The van der Waals surface area contributed by atoms with Gasteiger partial charge in [0.2, 0.25) is 5.91 Å². The minimum absolute atomic E-state index is 0.0575. The van der Waals surface area contributed by atoms with Crippen molar-refractivity contribution in [2.24, 2.45) is 5.73 Å². The number of nitrogens with two attached hydrogens (primary N) is 1. The number of hydrogen-bond acceptors (Lipinski definition) is 5. The fourth-order valence-corrected chi connectivity index (χ4v) is 3.11. The maximum atomic E-state index is 14.5. The highest BCUT2D eigenvalue weighted by atomic mass is 19.1. The van der Waals surface area contributed by atoms with Gasteiger partial charge in [0.05, 0.1) is 12.2 Å². The summed E-state index contributed by atoms with van der Waals surface area (Å²) in [6, 6.07) is 2.24. The minimum Gasteiger partial charge on any atom is -0.443 e. The average molecular weight is 354 g/mol. The Morgan fingerprint density at radius 3 is 2.32 bits per heavy atom. The van der Waals surface area contributed by atoms with Gasteiger partial charge in [-0.05, 0) is 0 Å². The van der Waals surface area contributed by atoms with E-state index in [1.54, 1.807) is 9.80 Å². The molecule has 2 aliphatic heterocycles. The van der Waals surface area contributed by atoms with Crippen molar-refractivity contribution in [3.63, 3.8) is 0 Å². The molecule has 0 aliphatic carbocycles. The highest BCUT2D eigenvalue weighted by Crippen LogP contribution is 2.31. The topological polar surface area (TPSA) is 79.1 Å². The Balaban J connectivity index is 1.80. The van der Waals surface area contributed by atoms with E-state index < -0.39 is 23.8 Å². The summed E-state index contributed by atoms with van der Waals surface area (Å²) in [6.45, 7) is 3.27. The van der Waals surface area contributed by atoms with Crippen LogP contribution in [0.25, 0.3) is 0 Å². The van der Waals surface area contributed by atoms with E-state index in [0.29, 0.717) is 26.2 Å². The van der Waals surface area contributed by atoms with Gasteiger partial charge in [0.15, 0.2) is 11.6 Å². The van der Waals surface area contributed by atoms with Crippen molar-refractivity contribution in [2.75, 3.05) is 49.1 Å². The summed E-state index contributed by atoms with van der Waals surface area (Å²) in [5, 5.41) is 0. The number of cyclic esters (lactones) is 1. The lowest BCUT2D eigenvalue weighted by atomic mass is 10.2. The van der Waals surface area contributed by atoms with Crippen molar-refractivity contribution in [3.8, 4) is 0 Å². The molecule has 1 unspecified atom stereocenters. The van der Waals surface area contributed by atoms with Crippen LogP contribution in [0.4, 0.5) is 25.0 Å². The molecule has 2 aliphatic rings. The number of rotatable bonds is 3. The van der Waals surface area contributed by atoms with Crippen LogP contribution >= 0.6 is 0 Å². The fourth-order valence-electron chi connectivity index (χ4n) is 3.11. The number of hydrogen-bond donors (Lipinski definition) is 1. The van der Waals surface area contributed by atoms with Gasteiger partial charge in [0.25, 0.3) is 0 Å². The molecule has 1 aromatic rings. The Bertz CT molecular complexity index is 669. The van der Waals surface area contributed by atoms with Gasteiger partial charge >= 0.3 is 6.09 Å². The fraction of sp³-hybridized carbons (Fsp3) is 0.500. The first-order valence-electron chi connectivity index (χ1n) is 8.08. The van der Waals surface area contributed by atoms with Crippen LogP contribution in [0.15, 0.2) is 12.1 Å². The van der Waals surface area contributed by atoms with Crippen LogP contribution in [0.1, 0.15) is 6.92 Å². The van der Waals surface area contributed by atoms with Crippen molar-refractivity contribution in [3.05, 3.63) is 23.8 Å². The second-order valence-electron chi connectivity index (χ2n) is 6.10. The Morgan fingerprint density at radius 2 is 1.84 bits per heavy atom. The molecule has 2 N–H and O–H groups in total. The van der Waals surface area contributed by atoms with Crippen molar-refractivity contribution in [2.45, 2.75) is 13.0 Å². The Labute approximate surface area is 143 Å². The van der Waals surface area contributed by atoms with Crippen LogP contribution in [0.3, 0.4) is 0 Å². The lowest BCUT2D eigenvalue weighted by molar-refractivity contribution is -0.129. The monoisotopic (exact) mass is 354 g/mol. The molecule has 2 saturated heterocycles. The molecule has 7 nitrogen and oxygen atoms in total. The number of piperazine rings is 1. The molecule has 136 valence electrons. The summed E-state index contributed by atoms with van der Waals surface area (Å²) in [5.41, 5.74) is 5.42. The summed E-state index contributed by atoms with van der Waals surface area (Å²) in [5.74, 6) is -1.57. The predicted octanol–water partition coefficient (Wildman–Crippen LogP) is 0.917. The van der Waals surface area contributed by atoms with Crippen LogP contribution in [-0.4, -0.2) is 62.3 Å². The third-order valence-electron chi connectivity index (χ3n) is 4.49. The van der Waals surface area contributed by atoms with E-state index in [1.807, 2.05) is 0 Å². The highest BCUT2D eigenvalue weighted by Gasteiger charge is 2.33. The standard InChI is InChI=1S/C16H20F2N4O3/c1-10(23)20-2-4-21(5-3-20)15-13(17)6-11(7-14(15)18)22-9-12(8-19)25-16(22)24/h6-7,12H,2-5,8-9,19H2,1H3. The molecule has 0 saturated carbocycles. The van der Waals surface area contributed by atoms with Crippen LogP contribution < -0.4 is 15.5 Å². The average Bonchev–Trinajstić information content (AvgIpc) is 2.95. The van der Waals surface area contributed by atoms with Gasteiger partial charge in [0.1, 0.15) is 11.8 Å². The Kier molecular flexibility index (Phi) is 4.76. The lowest BCUT2D eigenvalue weighted by Gasteiger charge is -2.36. The molecular formula is C16H20F2N4O3. The molecule has 1 aromatic carbocycles. The first-order chi connectivity index (χ1) is 11.9. The van der Waals surface area contributed by atoms with Gasteiger partial charge in [-0.1, -0.05) is 0 Å². The zero-order valence-electron chi connectivity index (χ0n) is 13.9. The molecule has 2 fully saturated rings. The number of carbonyl (C=O) groups is 2. The van der Waals surface area contributed by atoms with Gasteiger partial charge in [0, 0.05) is 51.8 Å². The van der Waals surface area contributed by atoms with Crippen molar-refractivity contribution in [1.29, 1.82) is 0 Å². The summed E-state index contributed by atoms with van der Waals surface area (Å²) in [6.07, 6.45) is -1.16. The number of carbonyl (C=O) groups excluding carboxylic acids is 2. The van der Waals surface area contributed by atoms with Gasteiger partial charge in [-0.25, -0.2) is 13.6 Å². The summed E-state index contributed by atoms with van der Waals surface area (Å²) in [4.78, 5) is 27.5. The molecule has 9 heteroatoms. The molecule has 25 heavy (non-hydrogen) atoms. The summed E-state index contributed by atoms with van der Waals surface area (Å²) in [7, 11) is 0. The van der Waals surface area contributed by atoms with Crippen LogP contribution in [0, 0.1) is 11.6 Å². The number of benzene rings is 1.